The van der Waals surface area contributed by atoms with Crippen molar-refractivity contribution in [3.8, 4) is 16.9 Å². The molecule has 27 heavy (non-hydrogen) atoms. The first-order valence-electron chi connectivity index (χ1n) is 8.12. The second-order valence-corrected chi connectivity index (χ2v) is 5.85. The van der Waals surface area contributed by atoms with Crippen LogP contribution in [0.3, 0.4) is 0 Å². The largest absolute Gasteiger partial charge is 0.573 e. The van der Waals surface area contributed by atoms with Crippen molar-refractivity contribution in [1.82, 2.24) is 15.0 Å². The van der Waals surface area contributed by atoms with Crippen molar-refractivity contribution >= 4 is 0 Å². The van der Waals surface area contributed by atoms with Gasteiger partial charge < -0.3 is 9.84 Å². The predicted molar refractivity (Wildman–Crippen MR) is 91.7 cm³/mol. The number of aliphatic hydroxyl groups is 1. The molecule has 2 aromatic heterocycles. The van der Waals surface area contributed by atoms with Gasteiger partial charge in [0.25, 0.3) is 0 Å². The van der Waals surface area contributed by atoms with Crippen LogP contribution in [0.5, 0.6) is 5.75 Å². The Labute approximate surface area is 153 Å². The fourth-order valence-corrected chi connectivity index (χ4v) is 2.70. The first-order chi connectivity index (χ1) is 12.8. The van der Waals surface area contributed by atoms with E-state index in [0.717, 1.165) is 0 Å². The van der Waals surface area contributed by atoms with Crippen LogP contribution in [0.4, 0.5) is 13.2 Å². The van der Waals surface area contributed by atoms with Crippen molar-refractivity contribution in [1.29, 1.82) is 0 Å². The average Bonchev–Trinajstić information content (AvgIpc) is 2.67. The molecule has 0 radical (unpaired) electrons. The molecule has 3 rings (SSSR count). The van der Waals surface area contributed by atoms with Gasteiger partial charge in [-0.05, 0) is 30.2 Å². The third-order valence-corrected chi connectivity index (χ3v) is 4.16. The quantitative estimate of drug-likeness (QED) is 0.728. The number of alkyl halides is 3. The topological polar surface area (TPSA) is 68.1 Å². The number of rotatable bonds is 5. The van der Waals surface area contributed by atoms with Crippen molar-refractivity contribution < 1.29 is 23.0 Å². The molecule has 5 nitrogen and oxygen atoms in total. The van der Waals surface area contributed by atoms with Crippen LogP contribution in [0.2, 0.25) is 0 Å². The van der Waals surface area contributed by atoms with Gasteiger partial charge in [0, 0.05) is 29.7 Å². The molecular weight excluding hydrogens is 359 g/mol. The fourth-order valence-electron chi connectivity index (χ4n) is 2.70. The zero-order chi connectivity index (χ0) is 19.5. The van der Waals surface area contributed by atoms with Crippen LogP contribution in [0.1, 0.15) is 24.6 Å². The lowest BCUT2D eigenvalue weighted by molar-refractivity contribution is -0.274. The summed E-state index contributed by atoms with van der Waals surface area (Å²) in [6.07, 6.45) is 1.64. The molecule has 0 aliphatic heterocycles. The first kappa shape index (κ1) is 18.8. The molecule has 0 amide bonds. The van der Waals surface area contributed by atoms with Gasteiger partial charge >= 0.3 is 6.36 Å². The molecule has 1 atom stereocenters. The van der Waals surface area contributed by atoms with Gasteiger partial charge in [-0.3, -0.25) is 4.98 Å². The molecule has 0 fully saturated rings. The van der Waals surface area contributed by atoms with Crippen LogP contribution < -0.4 is 4.74 Å². The lowest BCUT2D eigenvalue weighted by Gasteiger charge is -2.26. The maximum Gasteiger partial charge on any atom is 0.573 e. The van der Waals surface area contributed by atoms with E-state index in [0.29, 0.717) is 28.8 Å². The smallest absolute Gasteiger partial charge is 0.406 e. The van der Waals surface area contributed by atoms with Crippen LogP contribution in [0, 0.1) is 0 Å². The minimum Gasteiger partial charge on any atom is -0.406 e. The van der Waals surface area contributed by atoms with E-state index in [4.69, 9.17) is 0 Å². The van der Waals surface area contributed by atoms with E-state index in [1.807, 2.05) is 6.92 Å². The lowest BCUT2D eigenvalue weighted by atomic mass is 9.89. The number of hydrogen-bond donors (Lipinski definition) is 1. The zero-order valence-corrected chi connectivity index (χ0v) is 14.3. The standard InChI is InChI=1S/C19H16F3N3O2/c1-2-18(26,15-10-23-12-24-11-15)17-8-5-14(9-25-17)13-3-6-16(7-4-13)27-19(20,21)22/h3-12,26H,2H2,1H3/t18-/m0/s1. The highest BCUT2D eigenvalue weighted by atomic mass is 19.4. The van der Waals surface area contributed by atoms with Gasteiger partial charge in [0.15, 0.2) is 0 Å². The van der Waals surface area contributed by atoms with Gasteiger partial charge in [-0.25, -0.2) is 9.97 Å². The van der Waals surface area contributed by atoms with Gasteiger partial charge in [0.05, 0.1) is 5.69 Å². The first-order valence-corrected chi connectivity index (χ1v) is 8.12. The summed E-state index contributed by atoms with van der Waals surface area (Å²) in [4.78, 5) is 12.2. The van der Waals surface area contributed by atoms with E-state index < -0.39 is 12.0 Å². The maximum absolute atomic E-state index is 12.2. The van der Waals surface area contributed by atoms with Crippen molar-refractivity contribution in [2.24, 2.45) is 0 Å². The second kappa shape index (κ2) is 7.32. The van der Waals surface area contributed by atoms with Gasteiger partial charge in [-0.1, -0.05) is 25.1 Å². The third kappa shape index (κ3) is 4.22. The summed E-state index contributed by atoms with van der Waals surface area (Å²) in [5.74, 6) is -0.291. The van der Waals surface area contributed by atoms with Crippen molar-refractivity contribution in [3.63, 3.8) is 0 Å². The Kier molecular flexibility index (Phi) is 5.09. The summed E-state index contributed by atoms with van der Waals surface area (Å²) < 4.78 is 40.5. The number of benzene rings is 1. The Balaban J connectivity index is 1.85. The van der Waals surface area contributed by atoms with E-state index in [1.165, 1.54) is 43.0 Å². The van der Waals surface area contributed by atoms with Crippen LogP contribution in [0.25, 0.3) is 11.1 Å². The van der Waals surface area contributed by atoms with Crippen molar-refractivity contribution in [2.45, 2.75) is 25.3 Å². The van der Waals surface area contributed by atoms with E-state index >= 15 is 0 Å². The SMILES string of the molecule is CC[C@](O)(c1cncnc1)c1ccc(-c2ccc(OC(F)(F)F)cc2)cn1. The Morgan fingerprint density at radius 1 is 0.926 bits per heavy atom. The molecule has 3 aromatic rings. The summed E-state index contributed by atoms with van der Waals surface area (Å²) in [6, 6.07) is 8.91. The fraction of sp³-hybridized carbons (Fsp3) is 0.211. The molecule has 140 valence electrons. The number of ether oxygens (including phenoxy) is 1. The van der Waals surface area contributed by atoms with E-state index in [9.17, 15) is 18.3 Å². The highest BCUT2D eigenvalue weighted by Gasteiger charge is 2.32. The molecule has 0 saturated carbocycles. The summed E-state index contributed by atoms with van der Waals surface area (Å²) in [7, 11) is 0. The maximum atomic E-state index is 12.2. The van der Waals surface area contributed by atoms with Gasteiger partial charge in [0.2, 0.25) is 0 Å². The third-order valence-electron chi connectivity index (χ3n) is 4.16. The molecule has 0 bridgehead atoms. The molecule has 0 saturated heterocycles. The van der Waals surface area contributed by atoms with E-state index in [2.05, 4.69) is 19.7 Å². The van der Waals surface area contributed by atoms with Crippen molar-refractivity contribution in [3.05, 3.63) is 72.6 Å². The molecule has 0 unspecified atom stereocenters. The highest BCUT2D eigenvalue weighted by Crippen LogP contribution is 2.32. The van der Waals surface area contributed by atoms with Crippen LogP contribution in [-0.4, -0.2) is 26.4 Å². The summed E-state index contributed by atoms with van der Waals surface area (Å²) in [5, 5.41) is 11.0. The number of pyridine rings is 1. The Hall–Kier alpha value is -3.00. The van der Waals surface area contributed by atoms with E-state index in [-0.39, 0.29) is 5.75 Å². The summed E-state index contributed by atoms with van der Waals surface area (Å²) >= 11 is 0. The minimum absolute atomic E-state index is 0.291. The van der Waals surface area contributed by atoms with Crippen LogP contribution >= 0.6 is 0 Å². The lowest BCUT2D eigenvalue weighted by Crippen LogP contribution is -2.27. The van der Waals surface area contributed by atoms with Crippen molar-refractivity contribution in [2.75, 3.05) is 0 Å². The molecule has 1 aromatic carbocycles. The molecule has 0 spiro atoms. The monoisotopic (exact) mass is 375 g/mol. The zero-order valence-electron chi connectivity index (χ0n) is 14.3. The molecule has 0 aliphatic carbocycles. The normalized spacial score (nSPS) is 13.8. The Morgan fingerprint density at radius 2 is 1.56 bits per heavy atom. The molecule has 8 heteroatoms. The van der Waals surface area contributed by atoms with Crippen LogP contribution in [-0.2, 0) is 5.60 Å². The van der Waals surface area contributed by atoms with Gasteiger partial charge in [-0.2, -0.15) is 0 Å². The Bertz CT molecular complexity index is 885. The number of halogens is 3. The van der Waals surface area contributed by atoms with Gasteiger partial charge in [-0.15, -0.1) is 13.2 Å². The second-order valence-electron chi connectivity index (χ2n) is 5.85. The minimum atomic E-state index is -4.73. The molecule has 1 N–H and O–H groups in total. The average molecular weight is 375 g/mol. The Morgan fingerprint density at radius 3 is 2.07 bits per heavy atom. The van der Waals surface area contributed by atoms with E-state index in [1.54, 1.807) is 18.3 Å². The number of nitrogens with zero attached hydrogens (tertiary/aromatic N) is 3. The molecular formula is C19H16F3N3O2. The number of aromatic nitrogens is 3. The predicted octanol–water partition coefficient (Wildman–Crippen LogP) is 4.08. The van der Waals surface area contributed by atoms with Gasteiger partial charge in [0.1, 0.15) is 17.7 Å². The molecule has 0 aliphatic rings. The summed E-state index contributed by atoms with van der Waals surface area (Å²) in [5.41, 5.74) is 0.998. The molecule has 2 heterocycles. The highest BCUT2D eigenvalue weighted by molar-refractivity contribution is 5.63. The number of hydrogen-bond acceptors (Lipinski definition) is 5. The summed E-state index contributed by atoms with van der Waals surface area (Å²) in [6.45, 7) is 1.82. The van der Waals surface area contributed by atoms with Crippen LogP contribution in [0.15, 0.2) is 61.3 Å².